The fourth-order valence-electron chi connectivity index (χ4n) is 2.38. The maximum absolute atomic E-state index is 13.9. The number of aryl methyl sites for hydroxylation is 1. The van der Waals surface area contributed by atoms with Gasteiger partial charge in [-0.25, -0.2) is 9.37 Å². The van der Waals surface area contributed by atoms with Gasteiger partial charge in [-0.3, -0.25) is 4.79 Å². The predicted octanol–water partition coefficient (Wildman–Crippen LogP) is 4.71. The fourth-order valence-corrected chi connectivity index (χ4v) is 3.26. The summed E-state index contributed by atoms with van der Waals surface area (Å²) >= 11 is 7.54. The molecule has 1 aromatic carbocycles. The molecule has 7 heteroatoms. The zero-order valence-electron chi connectivity index (χ0n) is 13.8. The summed E-state index contributed by atoms with van der Waals surface area (Å²) in [6.07, 6.45) is 0.0866. The Morgan fingerprint density at radius 1 is 1.36 bits per heavy atom. The molecule has 4 nitrogen and oxygen atoms in total. The minimum atomic E-state index is -0.426. The summed E-state index contributed by atoms with van der Waals surface area (Å²) in [5.74, 6) is 0.502. The van der Waals surface area contributed by atoms with Crippen molar-refractivity contribution >= 4 is 28.8 Å². The molecule has 1 amide bonds. The molecule has 2 aromatic heterocycles. The number of amides is 1. The van der Waals surface area contributed by atoms with Crippen LogP contribution in [-0.4, -0.2) is 22.8 Å². The van der Waals surface area contributed by atoms with Gasteiger partial charge in [0.15, 0.2) is 0 Å². The monoisotopic (exact) mass is 378 g/mol. The summed E-state index contributed by atoms with van der Waals surface area (Å²) in [6, 6.07) is 8.29. The van der Waals surface area contributed by atoms with Crippen molar-refractivity contribution in [2.45, 2.75) is 19.9 Å². The van der Waals surface area contributed by atoms with Gasteiger partial charge in [-0.2, -0.15) is 0 Å². The first-order valence-corrected chi connectivity index (χ1v) is 8.88. The molecule has 0 radical (unpaired) electrons. The summed E-state index contributed by atoms with van der Waals surface area (Å²) in [5, 5.41) is 2.24. The highest BCUT2D eigenvalue weighted by Crippen LogP contribution is 2.26. The number of oxazole rings is 1. The summed E-state index contributed by atoms with van der Waals surface area (Å²) in [4.78, 5) is 19.2. The highest BCUT2D eigenvalue weighted by molar-refractivity contribution is 7.13. The van der Waals surface area contributed by atoms with Crippen LogP contribution in [0, 0.1) is 12.7 Å². The van der Waals surface area contributed by atoms with Crippen molar-refractivity contribution in [1.82, 2.24) is 9.88 Å². The fraction of sp³-hybridized carbons (Fsp3) is 0.222. The van der Waals surface area contributed by atoms with Crippen LogP contribution in [0.15, 0.2) is 40.1 Å². The van der Waals surface area contributed by atoms with E-state index in [1.54, 1.807) is 20.0 Å². The molecule has 3 aromatic rings. The zero-order chi connectivity index (χ0) is 18.0. The second-order valence-corrected chi connectivity index (χ2v) is 6.98. The quantitative estimate of drug-likeness (QED) is 0.646. The number of benzene rings is 1. The Bertz CT molecular complexity index is 872. The van der Waals surface area contributed by atoms with Gasteiger partial charge in [-0.15, -0.1) is 11.3 Å². The molecule has 0 aliphatic carbocycles. The van der Waals surface area contributed by atoms with Crippen molar-refractivity contribution in [3.63, 3.8) is 0 Å². The third-order valence-corrected chi connectivity index (χ3v) is 5.04. The number of carbonyl (C=O) groups excluding carboxylic acids is 1. The lowest BCUT2D eigenvalue weighted by molar-refractivity contribution is -0.129. The van der Waals surface area contributed by atoms with Gasteiger partial charge in [-0.05, 0) is 30.5 Å². The molecule has 0 unspecified atom stereocenters. The second kappa shape index (κ2) is 7.37. The number of likely N-dealkylation sites (N-methyl/N-ethyl adjacent to an activating group) is 1. The summed E-state index contributed by atoms with van der Waals surface area (Å²) in [6.45, 7) is 1.87. The summed E-state index contributed by atoms with van der Waals surface area (Å²) in [7, 11) is 1.61. The predicted molar refractivity (Wildman–Crippen MR) is 96.1 cm³/mol. The van der Waals surface area contributed by atoms with Gasteiger partial charge >= 0.3 is 0 Å². The standard InChI is InChI=1S/C18H16ClFN2O2S/c1-11-15(21-18(24-11)16-7-4-8-25-16)9-17(23)22(2)10-12-13(19)5-3-6-14(12)20/h3-8H,9-10H2,1-2H3. The number of carbonyl (C=O) groups is 1. The van der Waals surface area contributed by atoms with Crippen LogP contribution < -0.4 is 0 Å². The molecule has 0 saturated carbocycles. The molecular weight excluding hydrogens is 363 g/mol. The van der Waals surface area contributed by atoms with Crippen LogP contribution in [0.4, 0.5) is 4.39 Å². The maximum Gasteiger partial charge on any atom is 0.236 e. The lowest BCUT2D eigenvalue weighted by Crippen LogP contribution is -2.28. The van der Waals surface area contributed by atoms with Gasteiger partial charge in [0, 0.05) is 24.2 Å². The van der Waals surface area contributed by atoms with Crippen molar-refractivity contribution in [2.75, 3.05) is 7.05 Å². The topological polar surface area (TPSA) is 46.3 Å². The number of hydrogen-bond donors (Lipinski definition) is 0. The van der Waals surface area contributed by atoms with E-state index in [1.807, 2.05) is 17.5 Å². The number of rotatable bonds is 5. The Hall–Kier alpha value is -2.18. The Morgan fingerprint density at radius 2 is 2.16 bits per heavy atom. The van der Waals surface area contributed by atoms with Crippen LogP contribution in [0.5, 0.6) is 0 Å². The lowest BCUT2D eigenvalue weighted by atomic mass is 10.2. The summed E-state index contributed by atoms with van der Waals surface area (Å²) in [5.41, 5.74) is 0.885. The molecule has 0 atom stereocenters. The van der Waals surface area contributed by atoms with E-state index in [0.717, 1.165) is 4.88 Å². The third-order valence-electron chi connectivity index (χ3n) is 3.83. The first-order chi connectivity index (χ1) is 12.0. The first kappa shape index (κ1) is 17.6. The molecule has 0 aliphatic heterocycles. The Morgan fingerprint density at radius 3 is 2.84 bits per heavy atom. The molecule has 0 aliphatic rings. The molecule has 0 N–H and O–H groups in total. The van der Waals surface area contributed by atoms with Crippen molar-refractivity contribution in [3.8, 4) is 10.8 Å². The number of thiophene rings is 1. The number of halogens is 2. The van der Waals surface area contributed by atoms with Gasteiger partial charge < -0.3 is 9.32 Å². The number of hydrogen-bond acceptors (Lipinski definition) is 4. The Labute approximate surface area is 153 Å². The minimum absolute atomic E-state index is 0.0866. The van der Waals surface area contributed by atoms with Gasteiger partial charge in [0.05, 0.1) is 17.0 Å². The van der Waals surface area contributed by atoms with E-state index in [1.165, 1.54) is 28.4 Å². The van der Waals surface area contributed by atoms with Crippen LogP contribution in [0.1, 0.15) is 17.0 Å². The average molecular weight is 379 g/mol. The van der Waals surface area contributed by atoms with Crippen LogP contribution in [0.2, 0.25) is 5.02 Å². The Balaban J connectivity index is 1.72. The summed E-state index contributed by atoms with van der Waals surface area (Å²) < 4.78 is 19.5. The number of nitrogens with zero attached hydrogens (tertiary/aromatic N) is 2. The molecule has 0 fully saturated rings. The maximum atomic E-state index is 13.9. The van der Waals surface area contributed by atoms with E-state index in [9.17, 15) is 9.18 Å². The molecular formula is C18H16ClFN2O2S. The lowest BCUT2D eigenvalue weighted by Gasteiger charge is -2.18. The highest BCUT2D eigenvalue weighted by Gasteiger charge is 2.19. The van der Waals surface area contributed by atoms with Crippen molar-refractivity contribution < 1.29 is 13.6 Å². The van der Waals surface area contributed by atoms with Gasteiger partial charge in [0.2, 0.25) is 11.8 Å². The van der Waals surface area contributed by atoms with Gasteiger partial charge in [0.25, 0.3) is 0 Å². The van der Waals surface area contributed by atoms with Crippen molar-refractivity contribution in [1.29, 1.82) is 0 Å². The van der Waals surface area contributed by atoms with E-state index in [0.29, 0.717) is 27.9 Å². The average Bonchev–Trinajstić information content (AvgIpc) is 3.21. The van der Waals surface area contributed by atoms with E-state index in [-0.39, 0.29) is 18.9 Å². The van der Waals surface area contributed by atoms with Crippen LogP contribution in [-0.2, 0) is 17.8 Å². The molecule has 130 valence electrons. The largest absolute Gasteiger partial charge is 0.440 e. The van der Waals surface area contributed by atoms with E-state index >= 15 is 0 Å². The molecule has 0 saturated heterocycles. The number of aromatic nitrogens is 1. The molecule has 2 heterocycles. The normalized spacial score (nSPS) is 10.9. The van der Waals surface area contributed by atoms with Crippen LogP contribution in [0.3, 0.4) is 0 Å². The van der Waals surface area contributed by atoms with Crippen LogP contribution >= 0.6 is 22.9 Å². The minimum Gasteiger partial charge on any atom is -0.440 e. The van der Waals surface area contributed by atoms with E-state index < -0.39 is 5.82 Å². The van der Waals surface area contributed by atoms with Crippen molar-refractivity contribution in [2.24, 2.45) is 0 Å². The van der Waals surface area contributed by atoms with Crippen molar-refractivity contribution in [3.05, 3.63) is 63.6 Å². The highest BCUT2D eigenvalue weighted by atomic mass is 35.5. The third kappa shape index (κ3) is 3.91. The first-order valence-electron chi connectivity index (χ1n) is 7.62. The van der Waals surface area contributed by atoms with Gasteiger partial charge in [-0.1, -0.05) is 23.7 Å². The molecule has 3 rings (SSSR count). The Kier molecular flexibility index (Phi) is 5.20. The van der Waals surface area contributed by atoms with Gasteiger partial charge in [0.1, 0.15) is 11.6 Å². The smallest absolute Gasteiger partial charge is 0.236 e. The van der Waals surface area contributed by atoms with E-state index in [4.69, 9.17) is 16.0 Å². The molecule has 0 spiro atoms. The molecule has 25 heavy (non-hydrogen) atoms. The molecule has 0 bridgehead atoms. The SMILES string of the molecule is Cc1oc(-c2cccs2)nc1CC(=O)N(C)Cc1c(F)cccc1Cl. The van der Waals surface area contributed by atoms with E-state index in [2.05, 4.69) is 4.98 Å². The zero-order valence-corrected chi connectivity index (χ0v) is 15.3. The van der Waals surface area contributed by atoms with Crippen LogP contribution in [0.25, 0.3) is 10.8 Å². The second-order valence-electron chi connectivity index (χ2n) is 5.63.